The second-order valence-corrected chi connectivity index (χ2v) is 3.23. The van der Waals surface area contributed by atoms with Crippen LogP contribution in [0.3, 0.4) is 0 Å². The summed E-state index contributed by atoms with van der Waals surface area (Å²) >= 11 is 1.35. The Labute approximate surface area is 65.1 Å². The van der Waals surface area contributed by atoms with Crippen molar-refractivity contribution in [3.05, 3.63) is 11.3 Å². The first kappa shape index (κ1) is 7.66. The Hall–Kier alpha value is -0.440. The van der Waals surface area contributed by atoms with E-state index in [9.17, 15) is 4.79 Å². The van der Waals surface area contributed by atoms with E-state index < -0.39 is 0 Å². The van der Waals surface area contributed by atoms with Crippen LogP contribution in [-0.4, -0.2) is 11.0 Å². The Morgan fingerprint density at radius 1 is 1.70 bits per heavy atom. The Bertz CT molecular complexity index is 186. The van der Waals surface area contributed by atoms with Crippen LogP contribution >= 0.6 is 11.8 Å². The number of allylic oxidation sites excluding steroid dienone is 1. The summed E-state index contributed by atoms with van der Waals surface area (Å²) in [5.41, 5.74) is 2.40. The van der Waals surface area contributed by atoms with Gasteiger partial charge in [-0.2, -0.15) is 0 Å². The average Bonchev–Trinajstić information content (AvgIpc) is 1.88. The molecule has 56 valence electrons. The van der Waals surface area contributed by atoms with Gasteiger partial charge in [-0.3, -0.25) is 4.79 Å². The van der Waals surface area contributed by atoms with Gasteiger partial charge in [-0.15, -0.1) is 0 Å². The first-order valence-electron chi connectivity index (χ1n) is 3.36. The maximum atomic E-state index is 10.8. The van der Waals surface area contributed by atoms with Crippen molar-refractivity contribution in [1.29, 1.82) is 0 Å². The highest BCUT2D eigenvalue weighted by atomic mass is 32.2. The third-order valence-corrected chi connectivity index (χ3v) is 2.48. The smallest absolute Gasteiger partial charge is 0.283 e. The molecule has 0 radical (unpaired) electrons. The number of thioether (sulfide) groups is 1. The van der Waals surface area contributed by atoms with Crippen molar-refractivity contribution in [1.82, 2.24) is 5.32 Å². The van der Waals surface area contributed by atoms with E-state index in [0.717, 1.165) is 17.9 Å². The molecule has 0 aromatic heterocycles. The highest BCUT2D eigenvalue weighted by molar-refractivity contribution is 8.13. The Balaban J connectivity index is 2.70. The number of nitrogens with one attached hydrogen (secondary N) is 1. The lowest BCUT2D eigenvalue weighted by Crippen LogP contribution is -2.23. The molecule has 1 heterocycles. The Morgan fingerprint density at radius 2 is 2.40 bits per heavy atom. The lowest BCUT2D eigenvalue weighted by Gasteiger charge is -2.16. The Morgan fingerprint density at radius 3 is 2.90 bits per heavy atom. The molecule has 1 rings (SSSR count). The van der Waals surface area contributed by atoms with E-state index >= 15 is 0 Å². The quantitative estimate of drug-likeness (QED) is 0.631. The zero-order valence-corrected chi connectivity index (χ0v) is 7.05. The molecule has 0 atom stereocenters. The van der Waals surface area contributed by atoms with Gasteiger partial charge in [0.2, 0.25) is 0 Å². The molecule has 0 aromatic rings. The minimum atomic E-state index is 0.0784. The maximum Gasteiger partial charge on any atom is 0.283 e. The molecule has 0 saturated carbocycles. The van der Waals surface area contributed by atoms with Crippen LogP contribution in [0.4, 0.5) is 4.79 Å². The van der Waals surface area contributed by atoms with Crippen LogP contribution in [0.25, 0.3) is 0 Å². The van der Waals surface area contributed by atoms with E-state index in [-0.39, 0.29) is 5.24 Å². The number of hydrogen-bond acceptors (Lipinski definition) is 2. The van der Waals surface area contributed by atoms with Crippen molar-refractivity contribution in [3.8, 4) is 0 Å². The van der Waals surface area contributed by atoms with Crippen LogP contribution in [0.15, 0.2) is 11.3 Å². The van der Waals surface area contributed by atoms with Crippen molar-refractivity contribution in [3.63, 3.8) is 0 Å². The second-order valence-electron chi connectivity index (χ2n) is 2.28. The normalized spacial score (nSPS) is 19.2. The van der Waals surface area contributed by atoms with Crippen molar-refractivity contribution in [2.24, 2.45) is 0 Å². The van der Waals surface area contributed by atoms with Crippen LogP contribution in [-0.2, 0) is 0 Å². The molecule has 0 aromatic carbocycles. The highest BCUT2D eigenvalue weighted by Gasteiger charge is 2.12. The molecule has 2 nitrogen and oxygen atoms in total. The number of rotatable bonds is 1. The van der Waals surface area contributed by atoms with Crippen molar-refractivity contribution in [2.45, 2.75) is 20.3 Å². The topological polar surface area (TPSA) is 29.1 Å². The van der Waals surface area contributed by atoms with E-state index in [1.54, 1.807) is 0 Å². The summed E-state index contributed by atoms with van der Waals surface area (Å²) in [6.45, 7) is 4.06. The minimum absolute atomic E-state index is 0.0784. The van der Waals surface area contributed by atoms with Crippen molar-refractivity contribution in [2.75, 3.05) is 5.75 Å². The van der Waals surface area contributed by atoms with E-state index in [0.29, 0.717) is 0 Å². The van der Waals surface area contributed by atoms with E-state index in [2.05, 4.69) is 12.2 Å². The molecular weight excluding hydrogens is 146 g/mol. The molecule has 0 aliphatic carbocycles. The van der Waals surface area contributed by atoms with Crippen LogP contribution < -0.4 is 5.32 Å². The summed E-state index contributed by atoms with van der Waals surface area (Å²) in [5, 5.41) is 2.86. The first-order chi connectivity index (χ1) is 4.74. The molecule has 1 N–H and O–H groups in total. The lowest BCUT2D eigenvalue weighted by molar-refractivity contribution is 0.262. The van der Waals surface area contributed by atoms with Gasteiger partial charge in [0, 0.05) is 11.4 Å². The zero-order chi connectivity index (χ0) is 7.56. The lowest BCUT2D eigenvalue weighted by atomic mass is 10.2. The summed E-state index contributed by atoms with van der Waals surface area (Å²) in [7, 11) is 0. The van der Waals surface area contributed by atoms with Gasteiger partial charge in [0.25, 0.3) is 5.24 Å². The monoisotopic (exact) mass is 157 g/mol. The fourth-order valence-corrected chi connectivity index (χ4v) is 1.86. The van der Waals surface area contributed by atoms with Gasteiger partial charge < -0.3 is 5.32 Å². The van der Waals surface area contributed by atoms with Crippen molar-refractivity contribution < 1.29 is 4.79 Å². The van der Waals surface area contributed by atoms with Gasteiger partial charge in [-0.05, 0) is 18.9 Å². The molecule has 0 saturated heterocycles. The fourth-order valence-electron chi connectivity index (χ4n) is 0.906. The largest absolute Gasteiger partial charge is 0.321 e. The molecule has 1 aliphatic rings. The van der Waals surface area contributed by atoms with E-state index in [1.165, 1.54) is 17.3 Å². The van der Waals surface area contributed by atoms with Gasteiger partial charge in [0.05, 0.1) is 0 Å². The molecule has 0 unspecified atom stereocenters. The number of amides is 1. The summed E-state index contributed by atoms with van der Waals surface area (Å²) in [6, 6.07) is 0. The molecule has 1 amide bonds. The SMILES string of the molecule is CCC1=C(C)NC(=O)SC1. The Kier molecular flexibility index (Phi) is 2.38. The average molecular weight is 157 g/mol. The molecule has 10 heavy (non-hydrogen) atoms. The van der Waals surface area contributed by atoms with E-state index in [1.807, 2.05) is 6.92 Å². The summed E-state index contributed by atoms with van der Waals surface area (Å²) in [6.07, 6.45) is 1.04. The zero-order valence-electron chi connectivity index (χ0n) is 6.23. The summed E-state index contributed by atoms with van der Waals surface area (Å²) in [4.78, 5) is 10.8. The van der Waals surface area contributed by atoms with Gasteiger partial charge >= 0.3 is 0 Å². The highest BCUT2D eigenvalue weighted by Crippen LogP contribution is 2.19. The van der Waals surface area contributed by atoms with Gasteiger partial charge in [-0.25, -0.2) is 0 Å². The van der Waals surface area contributed by atoms with Crippen LogP contribution in [0, 0.1) is 0 Å². The molecular formula is C7H11NOS. The minimum Gasteiger partial charge on any atom is -0.321 e. The van der Waals surface area contributed by atoms with Gasteiger partial charge in [0.15, 0.2) is 0 Å². The van der Waals surface area contributed by atoms with Crippen molar-refractivity contribution >= 4 is 17.0 Å². The van der Waals surface area contributed by atoms with Gasteiger partial charge in [0.1, 0.15) is 0 Å². The third kappa shape index (κ3) is 1.53. The van der Waals surface area contributed by atoms with Gasteiger partial charge in [-0.1, -0.05) is 18.7 Å². The second kappa shape index (κ2) is 3.10. The number of carbonyl (C=O) groups is 1. The van der Waals surface area contributed by atoms with E-state index in [4.69, 9.17) is 0 Å². The number of carbonyl (C=O) groups excluding carboxylic acids is 1. The molecule has 0 fully saturated rings. The van der Waals surface area contributed by atoms with Crippen LogP contribution in [0.1, 0.15) is 20.3 Å². The molecule has 3 heteroatoms. The maximum absolute atomic E-state index is 10.8. The molecule has 0 spiro atoms. The van der Waals surface area contributed by atoms with Crippen LogP contribution in [0.2, 0.25) is 0 Å². The predicted molar refractivity (Wildman–Crippen MR) is 44.0 cm³/mol. The van der Waals surface area contributed by atoms with Crippen LogP contribution in [0.5, 0.6) is 0 Å². The molecule has 0 bridgehead atoms. The molecule has 1 aliphatic heterocycles. The first-order valence-corrected chi connectivity index (χ1v) is 4.35. The third-order valence-electron chi connectivity index (χ3n) is 1.62. The predicted octanol–water partition coefficient (Wildman–Crippen LogP) is 2.13. The number of hydrogen-bond donors (Lipinski definition) is 1. The fraction of sp³-hybridized carbons (Fsp3) is 0.571. The summed E-state index contributed by atoms with van der Waals surface area (Å²) in [5.74, 6) is 0.869. The standard InChI is InChI=1S/C7H11NOS/c1-3-6-4-10-7(9)8-5(6)2/h3-4H2,1-2H3,(H,8,9). The summed E-state index contributed by atoms with van der Waals surface area (Å²) < 4.78 is 0.